The van der Waals surface area contributed by atoms with Gasteiger partial charge < -0.3 is 4.74 Å². The van der Waals surface area contributed by atoms with Crippen LogP contribution in [-0.2, 0) is 9.53 Å². The molecular weight excluding hydrogens is 388 g/mol. The second-order valence-corrected chi connectivity index (χ2v) is 8.58. The van der Waals surface area contributed by atoms with E-state index in [0.29, 0.717) is 20.3 Å². The third-order valence-corrected chi connectivity index (χ3v) is 7.20. The van der Waals surface area contributed by atoms with Crippen LogP contribution in [0, 0.1) is 35.0 Å². The summed E-state index contributed by atoms with van der Waals surface area (Å²) in [5, 5.41) is 0. The predicted molar refractivity (Wildman–Crippen MR) is 76.9 cm³/mol. The molecule has 10 heteroatoms. The van der Waals surface area contributed by atoms with Crippen molar-refractivity contribution < 1.29 is 44.7 Å². The Labute approximate surface area is 150 Å². The van der Waals surface area contributed by atoms with Gasteiger partial charge in [0.05, 0.1) is 5.41 Å². The summed E-state index contributed by atoms with van der Waals surface area (Å²) in [6, 6.07) is 0. The zero-order valence-electron chi connectivity index (χ0n) is 15.0. The molecule has 4 saturated carbocycles. The van der Waals surface area contributed by atoms with Gasteiger partial charge >= 0.3 is 30.2 Å². The van der Waals surface area contributed by atoms with Crippen molar-refractivity contribution in [1.29, 1.82) is 0 Å². The van der Waals surface area contributed by atoms with Crippen LogP contribution in [0.1, 0.15) is 34.1 Å². The minimum atomic E-state index is -6.42. The molecule has 0 heterocycles. The number of halogens is 8. The van der Waals surface area contributed by atoms with Gasteiger partial charge in [0.15, 0.2) is 5.60 Å². The summed E-state index contributed by atoms with van der Waals surface area (Å²) >= 11 is 0. The van der Waals surface area contributed by atoms with Crippen molar-refractivity contribution >= 4 is 5.97 Å². The van der Waals surface area contributed by atoms with Gasteiger partial charge in [-0.1, -0.05) is 13.8 Å². The fraction of sp³-hybridized carbons (Fsp3) is 0.941. The van der Waals surface area contributed by atoms with Crippen molar-refractivity contribution in [2.75, 3.05) is 0 Å². The second kappa shape index (κ2) is 5.28. The first-order chi connectivity index (χ1) is 12.0. The molecular formula is C17H20F8O2. The van der Waals surface area contributed by atoms with E-state index in [0.717, 1.165) is 0 Å². The van der Waals surface area contributed by atoms with Crippen LogP contribution in [0.15, 0.2) is 0 Å². The van der Waals surface area contributed by atoms with Crippen molar-refractivity contribution in [3.63, 3.8) is 0 Å². The topological polar surface area (TPSA) is 26.3 Å². The average molecular weight is 408 g/mol. The lowest BCUT2D eigenvalue weighted by Gasteiger charge is -2.41. The lowest BCUT2D eigenvalue weighted by molar-refractivity contribution is -0.370. The van der Waals surface area contributed by atoms with Gasteiger partial charge in [-0.2, -0.15) is 26.3 Å². The van der Waals surface area contributed by atoms with E-state index in [-0.39, 0.29) is 29.6 Å². The van der Waals surface area contributed by atoms with Crippen molar-refractivity contribution in [2.24, 2.45) is 35.0 Å². The number of alkyl halides is 8. The summed E-state index contributed by atoms with van der Waals surface area (Å²) in [6.07, 6.45) is -4.32. The minimum Gasteiger partial charge on any atom is -0.453 e. The molecule has 0 amide bonds. The Balaban J connectivity index is 1.86. The third kappa shape index (κ3) is 2.10. The normalized spacial score (nSPS) is 38.5. The molecule has 4 aliphatic carbocycles. The first kappa shape index (κ1) is 20.6. The highest BCUT2D eigenvalue weighted by atomic mass is 19.4. The van der Waals surface area contributed by atoms with E-state index in [1.165, 1.54) is 0 Å². The van der Waals surface area contributed by atoms with Gasteiger partial charge in [0.1, 0.15) is 0 Å². The van der Waals surface area contributed by atoms with Crippen molar-refractivity contribution in [2.45, 2.75) is 63.9 Å². The summed E-state index contributed by atoms with van der Waals surface area (Å²) < 4.78 is 111. The molecule has 0 spiro atoms. The van der Waals surface area contributed by atoms with E-state index < -0.39 is 41.2 Å². The summed E-state index contributed by atoms with van der Waals surface area (Å²) in [7, 11) is 0. The van der Waals surface area contributed by atoms with Gasteiger partial charge in [-0.3, -0.25) is 4.79 Å². The highest BCUT2D eigenvalue weighted by Gasteiger charge is 2.86. The number of esters is 1. The molecule has 156 valence electrons. The molecule has 0 radical (unpaired) electrons. The van der Waals surface area contributed by atoms with Gasteiger partial charge in [-0.15, -0.1) is 0 Å². The van der Waals surface area contributed by atoms with E-state index in [9.17, 15) is 39.9 Å². The SMILES string of the molecule is CC1C2CC3C1C3(C(=O)OC(C)(C)C(F)(F)C(F)(F)C(F)(F)C(F)F)C2C. The monoisotopic (exact) mass is 408 g/mol. The summed E-state index contributed by atoms with van der Waals surface area (Å²) in [6.45, 7) is 4.33. The first-order valence-corrected chi connectivity index (χ1v) is 8.64. The van der Waals surface area contributed by atoms with E-state index in [2.05, 4.69) is 4.74 Å². The van der Waals surface area contributed by atoms with Crippen molar-refractivity contribution in [1.82, 2.24) is 0 Å². The number of rotatable bonds is 6. The van der Waals surface area contributed by atoms with Crippen LogP contribution < -0.4 is 0 Å². The Morgan fingerprint density at radius 1 is 1.04 bits per heavy atom. The molecule has 27 heavy (non-hydrogen) atoms. The number of ether oxygens (including phenoxy) is 1. The van der Waals surface area contributed by atoms with Gasteiger partial charge in [0, 0.05) is 0 Å². The first-order valence-electron chi connectivity index (χ1n) is 8.64. The van der Waals surface area contributed by atoms with Gasteiger partial charge in [0.2, 0.25) is 0 Å². The molecule has 4 rings (SSSR count). The minimum absolute atomic E-state index is 0.104. The van der Waals surface area contributed by atoms with Crippen LogP contribution in [0.2, 0.25) is 0 Å². The maximum absolute atomic E-state index is 14.3. The zero-order chi connectivity index (χ0) is 21.0. The molecule has 0 aromatic carbocycles. The molecule has 4 bridgehead atoms. The summed E-state index contributed by atoms with van der Waals surface area (Å²) in [5.74, 6) is -19.7. The van der Waals surface area contributed by atoms with Gasteiger partial charge in [-0.05, 0) is 49.9 Å². The van der Waals surface area contributed by atoms with E-state index in [4.69, 9.17) is 0 Å². The predicted octanol–water partition coefficient (Wildman–Crippen LogP) is 5.02. The molecule has 0 aromatic heterocycles. The number of carbonyl (C=O) groups excluding carboxylic acids is 1. The molecule has 6 atom stereocenters. The Kier molecular flexibility index (Phi) is 4.04. The van der Waals surface area contributed by atoms with Gasteiger partial charge in [-0.25, -0.2) is 8.78 Å². The van der Waals surface area contributed by atoms with Crippen LogP contribution in [0.3, 0.4) is 0 Å². The van der Waals surface area contributed by atoms with Crippen LogP contribution in [0.5, 0.6) is 0 Å². The maximum atomic E-state index is 14.3. The molecule has 4 fully saturated rings. The Hall–Kier alpha value is -1.09. The molecule has 6 unspecified atom stereocenters. The number of hydrogen-bond acceptors (Lipinski definition) is 2. The molecule has 0 aromatic rings. The Morgan fingerprint density at radius 2 is 1.56 bits per heavy atom. The highest BCUT2D eigenvalue weighted by molar-refractivity contribution is 5.84. The largest absolute Gasteiger partial charge is 0.453 e. The third-order valence-electron chi connectivity index (χ3n) is 7.20. The van der Waals surface area contributed by atoms with Crippen LogP contribution in [-0.4, -0.2) is 35.8 Å². The standard InChI is InChI=1S/C17H20F8O2/c1-6-8-5-9-10(6)14(9,7(8)2)12(26)27-13(3,4)16(22,23)17(24,25)15(20,21)11(18)19/h6-11H,5H2,1-4H3. The van der Waals surface area contributed by atoms with Crippen LogP contribution in [0.25, 0.3) is 0 Å². The van der Waals surface area contributed by atoms with Crippen molar-refractivity contribution in [3.8, 4) is 0 Å². The average Bonchev–Trinajstić information content (AvgIpc) is 2.82. The van der Waals surface area contributed by atoms with E-state index in [1.807, 2.05) is 6.92 Å². The van der Waals surface area contributed by atoms with Crippen LogP contribution >= 0.6 is 0 Å². The van der Waals surface area contributed by atoms with Crippen molar-refractivity contribution in [3.05, 3.63) is 0 Å². The molecule has 0 aliphatic heterocycles. The van der Waals surface area contributed by atoms with E-state index >= 15 is 0 Å². The Morgan fingerprint density at radius 3 is 1.89 bits per heavy atom. The Bertz CT molecular complexity index is 657. The van der Waals surface area contributed by atoms with E-state index in [1.54, 1.807) is 6.92 Å². The second-order valence-electron chi connectivity index (χ2n) is 8.58. The summed E-state index contributed by atoms with van der Waals surface area (Å²) in [5.41, 5.74) is -4.48. The smallest absolute Gasteiger partial charge is 0.381 e. The van der Waals surface area contributed by atoms with Gasteiger partial charge in [0.25, 0.3) is 0 Å². The molecule has 0 N–H and O–H groups in total. The zero-order valence-corrected chi connectivity index (χ0v) is 15.0. The molecule has 0 saturated heterocycles. The fourth-order valence-corrected chi connectivity index (χ4v) is 5.67. The fourth-order valence-electron chi connectivity index (χ4n) is 5.67. The lowest BCUT2D eigenvalue weighted by atomic mass is 9.88. The lowest BCUT2D eigenvalue weighted by Crippen LogP contribution is -2.66. The summed E-state index contributed by atoms with van der Waals surface area (Å²) in [4.78, 5) is 12.6. The highest BCUT2D eigenvalue weighted by Crippen LogP contribution is 2.84. The quantitative estimate of drug-likeness (QED) is 0.456. The van der Waals surface area contributed by atoms with Crippen LogP contribution in [0.4, 0.5) is 35.1 Å². The number of hydrogen-bond donors (Lipinski definition) is 0. The number of carbonyl (C=O) groups is 1. The molecule has 4 aliphatic rings. The maximum Gasteiger partial charge on any atom is 0.381 e. The molecule has 2 nitrogen and oxygen atoms in total.